The molecule has 0 radical (unpaired) electrons. The molecule has 0 saturated carbocycles. The van der Waals surface area contributed by atoms with Crippen molar-refractivity contribution in [2.75, 3.05) is 26.3 Å². The van der Waals surface area contributed by atoms with Crippen LogP contribution in [0.15, 0.2) is 0 Å². The minimum absolute atomic E-state index is 0.0565. The number of morpholine rings is 1. The second-order valence-corrected chi connectivity index (χ2v) is 4.96. The first kappa shape index (κ1) is 11.9. The van der Waals surface area contributed by atoms with Gasteiger partial charge in [-0.15, -0.1) is 0 Å². The molecule has 0 aliphatic carbocycles. The van der Waals surface area contributed by atoms with Crippen LogP contribution >= 0.6 is 12.1 Å². The number of imide groups is 1. The Morgan fingerprint density at radius 3 is 2.12 bits per heavy atom. The molecule has 0 atom stereocenters. The predicted octanol–water partition coefficient (Wildman–Crippen LogP) is 0.811. The van der Waals surface area contributed by atoms with Gasteiger partial charge in [0.05, 0.1) is 25.3 Å². The van der Waals surface area contributed by atoms with E-state index in [1.54, 1.807) is 0 Å². The highest BCUT2D eigenvalue weighted by atomic mass is 32.2. The van der Waals surface area contributed by atoms with Gasteiger partial charge < -0.3 is 4.74 Å². The van der Waals surface area contributed by atoms with Crippen LogP contribution < -0.4 is 0 Å². The summed E-state index contributed by atoms with van der Waals surface area (Å²) in [4.78, 5) is 23.4. The fraction of sp³-hybridized carbons (Fsp3) is 0.800. The summed E-state index contributed by atoms with van der Waals surface area (Å²) in [5.74, 6) is -0.113. The van der Waals surface area contributed by atoms with E-state index in [1.807, 2.05) is 4.31 Å². The van der Waals surface area contributed by atoms with Crippen LogP contribution in [0.1, 0.15) is 25.7 Å². The number of hydrogen-bond acceptors (Lipinski definition) is 5. The molecule has 90 valence electrons. The molecule has 0 N–H and O–H groups in total. The van der Waals surface area contributed by atoms with Gasteiger partial charge in [-0.05, 0) is 12.8 Å². The second-order valence-electron chi connectivity index (χ2n) is 3.91. The normalized spacial score (nSPS) is 24.6. The molecule has 2 aliphatic rings. The van der Waals surface area contributed by atoms with E-state index < -0.39 is 0 Å². The van der Waals surface area contributed by atoms with Gasteiger partial charge in [0.1, 0.15) is 0 Å². The standard InChI is InChI=1S/C10H16N2O3S/c13-9-3-1-2-4-10(14)12(9)16-11-5-7-15-8-6-11/h1-8H2. The highest BCUT2D eigenvalue weighted by Gasteiger charge is 2.27. The maximum atomic E-state index is 11.7. The molecule has 2 fully saturated rings. The fourth-order valence-corrected chi connectivity index (χ4v) is 2.64. The fourth-order valence-electron chi connectivity index (χ4n) is 1.73. The molecule has 0 aromatic rings. The Bertz CT molecular complexity index is 261. The van der Waals surface area contributed by atoms with Gasteiger partial charge in [0.15, 0.2) is 0 Å². The summed E-state index contributed by atoms with van der Waals surface area (Å²) in [5.41, 5.74) is 0. The lowest BCUT2D eigenvalue weighted by atomic mass is 10.2. The SMILES string of the molecule is O=C1CCCCC(=O)N1SN1CCOCC1. The van der Waals surface area contributed by atoms with Crippen LogP contribution in [-0.4, -0.2) is 46.7 Å². The van der Waals surface area contributed by atoms with Crippen LogP contribution in [0.3, 0.4) is 0 Å². The van der Waals surface area contributed by atoms with Crippen molar-refractivity contribution in [3.8, 4) is 0 Å². The topological polar surface area (TPSA) is 49.9 Å². The molecule has 2 amide bonds. The van der Waals surface area contributed by atoms with E-state index in [-0.39, 0.29) is 11.8 Å². The quantitative estimate of drug-likeness (QED) is 0.531. The molecular weight excluding hydrogens is 228 g/mol. The molecule has 2 rings (SSSR count). The molecule has 0 spiro atoms. The molecule has 2 heterocycles. The third-order valence-electron chi connectivity index (χ3n) is 2.65. The van der Waals surface area contributed by atoms with Gasteiger partial charge in [0, 0.05) is 25.9 Å². The summed E-state index contributed by atoms with van der Waals surface area (Å²) in [7, 11) is 0. The molecular formula is C10H16N2O3S. The smallest absolute Gasteiger partial charge is 0.240 e. The van der Waals surface area contributed by atoms with E-state index in [0.29, 0.717) is 26.1 Å². The van der Waals surface area contributed by atoms with Gasteiger partial charge in [-0.3, -0.25) is 9.59 Å². The third kappa shape index (κ3) is 2.96. The largest absolute Gasteiger partial charge is 0.379 e. The number of ether oxygens (including phenoxy) is 1. The van der Waals surface area contributed by atoms with Crippen molar-refractivity contribution in [2.45, 2.75) is 25.7 Å². The summed E-state index contributed by atoms with van der Waals surface area (Å²) >= 11 is 1.26. The van der Waals surface area contributed by atoms with Gasteiger partial charge in [0.25, 0.3) is 0 Å². The van der Waals surface area contributed by atoms with E-state index in [2.05, 4.69) is 0 Å². The lowest BCUT2D eigenvalue weighted by Crippen LogP contribution is -2.38. The summed E-state index contributed by atoms with van der Waals surface area (Å²) < 4.78 is 8.57. The van der Waals surface area contributed by atoms with Crippen molar-refractivity contribution in [1.29, 1.82) is 0 Å². The Morgan fingerprint density at radius 1 is 1.00 bits per heavy atom. The summed E-state index contributed by atoms with van der Waals surface area (Å²) in [6.07, 6.45) is 2.63. The molecule has 16 heavy (non-hydrogen) atoms. The van der Waals surface area contributed by atoms with Gasteiger partial charge >= 0.3 is 0 Å². The van der Waals surface area contributed by atoms with E-state index in [9.17, 15) is 9.59 Å². The van der Waals surface area contributed by atoms with Crippen LogP contribution in [0.5, 0.6) is 0 Å². The van der Waals surface area contributed by atoms with Gasteiger partial charge in [0.2, 0.25) is 11.8 Å². The van der Waals surface area contributed by atoms with Crippen LogP contribution in [0.4, 0.5) is 0 Å². The summed E-state index contributed by atoms with van der Waals surface area (Å²) in [5, 5.41) is 0. The van der Waals surface area contributed by atoms with Crippen molar-refractivity contribution in [3.05, 3.63) is 0 Å². The van der Waals surface area contributed by atoms with Gasteiger partial charge in [-0.2, -0.15) is 0 Å². The highest BCUT2D eigenvalue weighted by Crippen LogP contribution is 2.23. The molecule has 0 aromatic carbocycles. The molecule has 0 unspecified atom stereocenters. The Kier molecular flexibility index (Phi) is 4.20. The van der Waals surface area contributed by atoms with E-state index in [0.717, 1.165) is 25.9 Å². The monoisotopic (exact) mass is 244 g/mol. The van der Waals surface area contributed by atoms with Crippen LogP contribution in [0.2, 0.25) is 0 Å². The van der Waals surface area contributed by atoms with E-state index >= 15 is 0 Å². The van der Waals surface area contributed by atoms with Crippen LogP contribution in [0.25, 0.3) is 0 Å². The summed E-state index contributed by atoms with van der Waals surface area (Å²) in [6, 6.07) is 0. The predicted molar refractivity (Wildman–Crippen MR) is 60.3 cm³/mol. The molecule has 0 bridgehead atoms. The number of amides is 2. The summed E-state index contributed by atoms with van der Waals surface area (Å²) in [6.45, 7) is 2.87. The maximum absolute atomic E-state index is 11.7. The Morgan fingerprint density at radius 2 is 1.56 bits per heavy atom. The molecule has 0 aromatic heterocycles. The Balaban J connectivity index is 1.94. The van der Waals surface area contributed by atoms with Gasteiger partial charge in [-0.25, -0.2) is 8.61 Å². The average Bonchev–Trinajstić information content (AvgIpc) is 2.46. The number of nitrogens with zero attached hydrogens (tertiary/aromatic N) is 2. The molecule has 2 saturated heterocycles. The zero-order valence-electron chi connectivity index (χ0n) is 9.18. The van der Waals surface area contributed by atoms with Crippen molar-refractivity contribution >= 4 is 23.9 Å². The number of carbonyl (C=O) groups is 2. The van der Waals surface area contributed by atoms with Crippen molar-refractivity contribution in [2.24, 2.45) is 0 Å². The van der Waals surface area contributed by atoms with Crippen molar-refractivity contribution in [1.82, 2.24) is 8.61 Å². The zero-order chi connectivity index (χ0) is 11.4. The molecule has 2 aliphatic heterocycles. The maximum Gasteiger partial charge on any atom is 0.240 e. The Hall–Kier alpha value is -0.590. The molecule has 5 nitrogen and oxygen atoms in total. The Labute approximate surface area is 99.4 Å². The van der Waals surface area contributed by atoms with Crippen LogP contribution in [0, 0.1) is 0 Å². The number of rotatable bonds is 2. The minimum atomic E-state index is -0.0565. The van der Waals surface area contributed by atoms with Crippen molar-refractivity contribution in [3.63, 3.8) is 0 Å². The number of hydrogen-bond donors (Lipinski definition) is 0. The third-order valence-corrected chi connectivity index (χ3v) is 3.82. The highest BCUT2D eigenvalue weighted by molar-refractivity contribution is 7.95. The van der Waals surface area contributed by atoms with E-state index in [4.69, 9.17) is 4.74 Å². The lowest BCUT2D eigenvalue weighted by Gasteiger charge is -2.29. The second kappa shape index (κ2) is 5.65. The zero-order valence-corrected chi connectivity index (χ0v) is 10.0. The minimum Gasteiger partial charge on any atom is -0.379 e. The number of carbonyl (C=O) groups excluding carboxylic acids is 2. The first-order chi connectivity index (χ1) is 7.77. The van der Waals surface area contributed by atoms with Gasteiger partial charge in [-0.1, -0.05) is 0 Å². The first-order valence-electron chi connectivity index (χ1n) is 5.64. The first-order valence-corrected chi connectivity index (χ1v) is 6.37. The lowest BCUT2D eigenvalue weighted by molar-refractivity contribution is -0.137. The van der Waals surface area contributed by atoms with Crippen molar-refractivity contribution < 1.29 is 14.3 Å². The average molecular weight is 244 g/mol. The van der Waals surface area contributed by atoms with E-state index in [1.165, 1.54) is 16.4 Å². The van der Waals surface area contributed by atoms with Crippen LogP contribution in [-0.2, 0) is 14.3 Å². The molecule has 6 heteroatoms.